The van der Waals surface area contributed by atoms with E-state index in [1.807, 2.05) is 13.8 Å². The number of rotatable bonds is 5. The first-order chi connectivity index (χ1) is 12.1. The Hall–Kier alpha value is -2.57. The number of esters is 2. The summed E-state index contributed by atoms with van der Waals surface area (Å²) < 4.78 is 16.3. The average Bonchev–Trinajstić information content (AvgIpc) is 2.60. The summed E-state index contributed by atoms with van der Waals surface area (Å²) in [5, 5.41) is 8.69. The Kier molecular flexibility index (Phi) is 5.59. The predicted molar refractivity (Wildman–Crippen MR) is 92.5 cm³/mol. The third-order valence-corrected chi connectivity index (χ3v) is 4.87. The molecule has 0 saturated carbocycles. The zero-order valence-electron chi connectivity index (χ0n) is 15.7. The fourth-order valence-corrected chi connectivity index (χ4v) is 3.12. The van der Waals surface area contributed by atoms with Crippen molar-refractivity contribution in [3.63, 3.8) is 0 Å². The van der Waals surface area contributed by atoms with E-state index in [1.165, 1.54) is 7.11 Å². The Bertz CT molecular complexity index is 766. The summed E-state index contributed by atoms with van der Waals surface area (Å²) in [4.78, 5) is 34.6. The molecule has 1 heterocycles. The monoisotopic (exact) mass is 364 g/mol. The number of hydrogen-bond donors (Lipinski definition) is 1. The summed E-state index contributed by atoms with van der Waals surface area (Å²) in [5.41, 5.74) is 2.10. The molecule has 0 radical (unpaired) electrons. The molecular formula is C19H24O7. The van der Waals surface area contributed by atoms with Gasteiger partial charge in [-0.1, -0.05) is 0 Å². The summed E-state index contributed by atoms with van der Waals surface area (Å²) in [7, 11) is 1.33. The Labute approximate surface area is 152 Å². The van der Waals surface area contributed by atoms with E-state index < -0.39 is 23.5 Å². The maximum atomic E-state index is 12.1. The van der Waals surface area contributed by atoms with Gasteiger partial charge in [-0.25, -0.2) is 4.79 Å². The van der Waals surface area contributed by atoms with Gasteiger partial charge in [-0.2, -0.15) is 0 Å². The minimum Gasteiger partial charge on any atom is -0.481 e. The van der Waals surface area contributed by atoms with Gasteiger partial charge >= 0.3 is 17.9 Å². The number of carboxylic acids is 1. The predicted octanol–water partition coefficient (Wildman–Crippen LogP) is 2.64. The molecule has 1 aromatic rings. The second kappa shape index (κ2) is 7.35. The van der Waals surface area contributed by atoms with Crippen molar-refractivity contribution in [1.82, 2.24) is 0 Å². The SMILES string of the molecule is COC(=O)C1(C)CCc2c(C)c(OC(=O)CCC(=O)O)c(C)c(C)c2O1. The minimum absolute atomic E-state index is 0.193. The molecule has 1 unspecified atom stereocenters. The highest BCUT2D eigenvalue weighted by Gasteiger charge is 2.42. The third kappa shape index (κ3) is 3.66. The maximum absolute atomic E-state index is 12.1. The van der Waals surface area contributed by atoms with Crippen LogP contribution in [0.3, 0.4) is 0 Å². The molecule has 0 aliphatic carbocycles. The van der Waals surface area contributed by atoms with Crippen molar-refractivity contribution >= 4 is 17.9 Å². The molecule has 0 saturated heterocycles. The standard InChI is InChI=1S/C19H24O7/c1-10-11(2)17-13(8-9-19(4,26-17)18(23)24-5)12(3)16(10)25-15(22)7-6-14(20)21/h6-9H2,1-5H3,(H,20,21). The van der Waals surface area contributed by atoms with Crippen LogP contribution >= 0.6 is 0 Å². The number of methoxy groups -OCH3 is 1. The van der Waals surface area contributed by atoms with Gasteiger partial charge in [-0.15, -0.1) is 0 Å². The van der Waals surface area contributed by atoms with Gasteiger partial charge in [-0.05, 0) is 50.8 Å². The van der Waals surface area contributed by atoms with Crippen LogP contribution in [-0.4, -0.2) is 35.7 Å². The van der Waals surface area contributed by atoms with Crippen molar-refractivity contribution in [3.8, 4) is 11.5 Å². The van der Waals surface area contributed by atoms with Crippen LogP contribution in [0, 0.1) is 20.8 Å². The second-order valence-electron chi connectivity index (χ2n) is 6.70. The first kappa shape index (κ1) is 19.8. The van der Waals surface area contributed by atoms with Crippen LogP contribution in [0.1, 0.15) is 48.4 Å². The molecule has 0 amide bonds. The van der Waals surface area contributed by atoms with E-state index >= 15 is 0 Å². The van der Waals surface area contributed by atoms with Gasteiger partial charge in [0.15, 0.2) is 0 Å². The first-order valence-corrected chi connectivity index (χ1v) is 8.43. The normalized spacial score (nSPS) is 18.5. The van der Waals surface area contributed by atoms with E-state index in [0.29, 0.717) is 24.3 Å². The molecule has 1 aromatic carbocycles. The molecule has 142 valence electrons. The van der Waals surface area contributed by atoms with E-state index in [4.69, 9.17) is 19.3 Å². The van der Waals surface area contributed by atoms with Crippen LogP contribution in [0.15, 0.2) is 0 Å². The molecule has 0 spiro atoms. The molecule has 1 atom stereocenters. The highest BCUT2D eigenvalue weighted by atomic mass is 16.6. The van der Waals surface area contributed by atoms with Crippen LogP contribution in [0.2, 0.25) is 0 Å². The number of ether oxygens (including phenoxy) is 3. The van der Waals surface area contributed by atoms with Gasteiger partial charge in [0.2, 0.25) is 5.60 Å². The first-order valence-electron chi connectivity index (χ1n) is 8.43. The van der Waals surface area contributed by atoms with Crippen LogP contribution < -0.4 is 9.47 Å². The molecule has 7 nitrogen and oxygen atoms in total. The van der Waals surface area contributed by atoms with Crippen LogP contribution in [0.5, 0.6) is 11.5 Å². The summed E-state index contributed by atoms with van der Waals surface area (Å²) in [6.45, 7) is 7.17. The number of carbonyl (C=O) groups excluding carboxylic acids is 2. The van der Waals surface area contributed by atoms with Gasteiger partial charge in [0.05, 0.1) is 20.0 Å². The van der Waals surface area contributed by atoms with Gasteiger partial charge in [0.25, 0.3) is 0 Å². The van der Waals surface area contributed by atoms with Gasteiger partial charge in [0, 0.05) is 12.0 Å². The van der Waals surface area contributed by atoms with E-state index in [0.717, 1.165) is 22.3 Å². The fraction of sp³-hybridized carbons (Fsp3) is 0.526. The fourth-order valence-electron chi connectivity index (χ4n) is 3.12. The summed E-state index contributed by atoms with van der Waals surface area (Å²) >= 11 is 0. The smallest absolute Gasteiger partial charge is 0.349 e. The van der Waals surface area contributed by atoms with Crippen LogP contribution in [-0.2, 0) is 25.5 Å². The third-order valence-electron chi connectivity index (χ3n) is 4.87. The van der Waals surface area contributed by atoms with Gasteiger partial charge in [-0.3, -0.25) is 9.59 Å². The number of fused-ring (bicyclic) bond motifs is 1. The number of benzene rings is 1. The van der Waals surface area contributed by atoms with Crippen molar-refractivity contribution in [2.24, 2.45) is 0 Å². The van der Waals surface area contributed by atoms with Gasteiger partial charge in [0.1, 0.15) is 11.5 Å². The van der Waals surface area contributed by atoms with Crippen molar-refractivity contribution in [2.75, 3.05) is 7.11 Å². The molecule has 2 rings (SSSR count). The lowest BCUT2D eigenvalue weighted by Crippen LogP contribution is -2.45. The van der Waals surface area contributed by atoms with Crippen molar-refractivity contribution in [2.45, 2.75) is 59.0 Å². The molecular weight excluding hydrogens is 340 g/mol. The molecule has 0 fully saturated rings. The molecule has 0 aromatic heterocycles. The Morgan fingerprint density at radius 2 is 1.77 bits per heavy atom. The average molecular weight is 364 g/mol. The van der Waals surface area contributed by atoms with E-state index in [-0.39, 0.29) is 12.8 Å². The van der Waals surface area contributed by atoms with Gasteiger partial charge < -0.3 is 19.3 Å². The summed E-state index contributed by atoms with van der Waals surface area (Å²) in [5.74, 6) is -1.02. The number of aliphatic carboxylic acids is 1. The van der Waals surface area contributed by atoms with Crippen LogP contribution in [0.4, 0.5) is 0 Å². The highest BCUT2D eigenvalue weighted by molar-refractivity contribution is 5.81. The van der Waals surface area contributed by atoms with E-state index in [9.17, 15) is 14.4 Å². The second-order valence-corrected chi connectivity index (χ2v) is 6.70. The quantitative estimate of drug-likeness (QED) is 0.633. The lowest BCUT2D eigenvalue weighted by Gasteiger charge is -2.35. The van der Waals surface area contributed by atoms with Crippen molar-refractivity contribution < 1.29 is 33.7 Å². The molecule has 1 aliphatic rings. The van der Waals surface area contributed by atoms with Crippen LogP contribution in [0.25, 0.3) is 0 Å². The van der Waals surface area contributed by atoms with Crippen molar-refractivity contribution in [1.29, 1.82) is 0 Å². The molecule has 26 heavy (non-hydrogen) atoms. The topological polar surface area (TPSA) is 99.1 Å². The number of hydrogen-bond acceptors (Lipinski definition) is 6. The lowest BCUT2D eigenvalue weighted by molar-refractivity contribution is -0.159. The Morgan fingerprint density at radius 1 is 1.12 bits per heavy atom. The number of carbonyl (C=O) groups is 3. The van der Waals surface area contributed by atoms with E-state index in [1.54, 1.807) is 13.8 Å². The zero-order chi connectivity index (χ0) is 19.6. The summed E-state index contributed by atoms with van der Waals surface area (Å²) in [6, 6.07) is 0. The number of carboxylic acid groups (broad SMARTS) is 1. The molecule has 1 aliphatic heterocycles. The molecule has 1 N–H and O–H groups in total. The molecule has 7 heteroatoms. The zero-order valence-corrected chi connectivity index (χ0v) is 15.7. The van der Waals surface area contributed by atoms with E-state index in [2.05, 4.69) is 0 Å². The molecule has 0 bridgehead atoms. The largest absolute Gasteiger partial charge is 0.481 e. The Morgan fingerprint density at radius 3 is 2.35 bits per heavy atom. The maximum Gasteiger partial charge on any atom is 0.349 e. The Balaban J connectivity index is 2.37. The van der Waals surface area contributed by atoms with Crippen molar-refractivity contribution in [3.05, 3.63) is 22.3 Å². The summed E-state index contributed by atoms with van der Waals surface area (Å²) in [6.07, 6.45) is 0.554. The minimum atomic E-state index is -1.05. The lowest BCUT2D eigenvalue weighted by atomic mass is 9.87. The highest BCUT2D eigenvalue weighted by Crippen LogP contribution is 2.44.